The molecule has 2 aromatic carbocycles. The summed E-state index contributed by atoms with van der Waals surface area (Å²) in [5, 5.41) is 8.71. The molecule has 1 N–H and O–H groups in total. The molecule has 2 aromatic rings. The summed E-state index contributed by atoms with van der Waals surface area (Å²) < 4.78 is 39.8. The van der Waals surface area contributed by atoms with Crippen LogP contribution < -0.4 is 0 Å². The molecule has 0 saturated carbocycles. The summed E-state index contributed by atoms with van der Waals surface area (Å²) in [5.74, 6) is -3.15. The van der Waals surface area contributed by atoms with E-state index in [1.165, 1.54) is 18.2 Å². The van der Waals surface area contributed by atoms with Crippen molar-refractivity contribution in [2.45, 2.75) is 10.6 Å². The first kappa shape index (κ1) is 14.5. The standard InChI is InChI=1S/C14H9F3O2S/c15-10-3-4-13(12(17)6-10)20-7-9-2-1-8(14(18)19)5-11(9)16/h1-6H,7H2,(H,18,19). The Balaban J connectivity index is 2.13. The molecule has 0 aromatic heterocycles. The summed E-state index contributed by atoms with van der Waals surface area (Å²) in [6, 6.07) is 6.69. The number of hydrogen-bond donors (Lipinski definition) is 1. The largest absolute Gasteiger partial charge is 0.478 e. The lowest BCUT2D eigenvalue weighted by atomic mass is 10.1. The Kier molecular flexibility index (Phi) is 4.34. The first-order valence-electron chi connectivity index (χ1n) is 5.57. The Labute approximate surface area is 117 Å². The van der Waals surface area contributed by atoms with Crippen molar-refractivity contribution in [3.05, 3.63) is 65.0 Å². The van der Waals surface area contributed by atoms with E-state index in [4.69, 9.17) is 5.11 Å². The molecule has 0 fully saturated rings. The van der Waals surface area contributed by atoms with Crippen molar-refractivity contribution in [2.24, 2.45) is 0 Å². The average molecular weight is 298 g/mol. The van der Waals surface area contributed by atoms with Gasteiger partial charge in [-0.15, -0.1) is 11.8 Å². The first-order valence-corrected chi connectivity index (χ1v) is 6.55. The molecule has 0 atom stereocenters. The van der Waals surface area contributed by atoms with Gasteiger partial charge in [-0.1, -0.05) is 6.07 Å². The van der Waals surface area contributed by atoms with Crippen LogP contribution >= 0.6 is 11.8 Å². The molecule has 2 rings (SSSR count). The van der Waals surface area contributed by atoms with Crippen molar-refractivity contribution >= 4 is 17.7 Å². The van der Waals surface area contributed by atoms with Crippen molar-refractivity contribution in [1.82, 2.24) is 0 Å². The Morgan fingerprint density at radius 2 is 1.80 bits per heavy atom. The number of carbonyl (C=O) groups is 1. The molecule has 104 valence electrons. The van der Waals surface area contributed by atoms with E-state index >= 15 is 0 Å². The van der Waals surface area contributed by atoms with Gasteiger partial charge in [-0.2, -0.15) is 0 Å². The molecular weight excluding hydrogens is 289 g/mol. The fraction of sp³-hybridized carbons (Fsp3) is 0.0714. The highest BCUT2D eigenvalue weighted by atomic mass is 32.2. The van der Waals surface area contributed by atoms with Gasteiger partial charge in [0.2, 0.25) is 0 Å². The van der Waals surface area contributed by atoms with Crippen LogP contribution in [0.5, 0.6) is 0 Å². The number of carboxylic acids is 1. The van der Waals surface area contributed by atoms with Crippen LogP contribution in [0.3, 0.4) is 0 Å². The van der Waals surface area contributed by atoms with Crippen LogP contribution in [-0.2, 0) is 5.75 Å². The number of hydrogen-bond acceptors (Lipinski definition) is 2. The van der Waals surface area contributed by atoms with E-state index in [1.54, 1.807) is 0 Å². The maximum absolute atomic E-state index is 13.6. The van der Waals surface area contributed by atoms with Gasteiger partial charge in [-0.05, 0) is 29.8 Å². The monoisotopic (exact) mass is 298 g/mol. The number of rotatable bonds is 4. The average Bonchev–Trinajstić information content (AvgIpc) is 2.38. The predicted octanol–water partition coefficient (Wildman–Crippen LogP) is 4.09. The minimum atomic E-state index is -1.22. The molecule has 0 amide bonds. The molecule has 0 aliphatic rings. The van der Waals surface area contributed by atoms with Gasteiger partial charge in [0.25, 0.3) is 0 Å². The topological polar surface area (TPSA) is 37.3 Å². The van der Waals surface area contributed by atoms with Gasteiger partial charge >= 0.3 is 5.97 Å². The highest BCUT2D eigenvalue weighted by molar-refractivity contribution is 7.98. The fourth-order valence-corrected chi connectivity index (χ4v) is 2.45. The number of halogens is 3. The van der Waals surface area contributed by atoms with E-state index in [0.717, 1.165) is 30.0 Å². The molecule has 6 heteroatoms. The molecule has 20 heavy (non-hydrogen) atoms. The summed E-state index contributed by atoms with van der Waals surface area (Å²) in [7, 11) is 0. The van der Waals surface area contributed by atoms with E-state index in [0.29, 0.717) is 0 Å². The van der Waals surface area contributed by atoms with Gasteiger partial charge in [0.05, 0.1) is 5.56 Å². The van der Waals surface area contributed by atoms with Crippen molar-refractivity contribution in [2.75, 3.05) is 0 Å². The summed E-state index contributed by atoms with van der Waals surface area (Å²) in [5.41, 5.74) is 0.105. The van der Waals surface area contributed by atoms with Crippen molar-refractivity contribution in [3.63, 3.8) is 0 Å². The van der Waals surface area contributed by atoms with Crippen LogP contribution in [0.25, 0.3) is 0 Å². The highest BCUT2D eigenvalue weighted by Crippen LogP contribution is 2.27. The molecular formula is C14H9F3O2S. The van der Waals surface area contributed by atoms with E-state index in [2.05, 4.69) is 0 Å². The number of benzene rings is 2. The van der Waals surface area contributed by atoms with E-state index in [-0.39, 0.29) is 21.8 Å². The second-order valence-corrected chi connectivity index (χ2v) is 4.99. The zero-order chi connectivity index (χ0) is 14.7. The molecule has 0 bridgehead atoms. The van der Waals surface area contributed by atoms with Gasteiger partial charge in [0.1, 0.15) is 17.5 Å². The summed E-state index contributed by atoms with van der Waals surface area (Å²) >= 11 is 1.01. The zero-order valence-corrected chi connectivity index (χ0v) is 10.9. The summed E-state index contributed by atoms with van der Waals surface area (Å²) in [4.78, 5) is 10.9. The van der Waals surface area contributed by atoms with Crippen molar-refractivity contribution < 1.29 is 23.1 Å². The molecule has 0 aliphatic heterocycles. The van der Waals surface area contributed by atoms with Crippen LogP contribution in [0.4, 0.5) is 13.2 Å². The highest BCUT2D eigenvalue weighted by Gasteiger charge is 2.10. The third kappa shape index (κ3) is 3.33. The Morgan fingerprint density at radius 1 is 1.05 bits per heavy atom. The lowest BCUT2D eigenvalue weighted by Gasteiger charge is -2.05. The summed E-state index contributed by atoms with van der Waals surface area (Å²) in [6.07, 6.45) is 0. The maximum atomic E-state index is 13.6. The van der Waals surface area contributed by atoms with Crippen LogP contribution in [0.2, 0.25) is 0 Å². The van der Waals surface area contributed by atoms with Gasteiger partial charge in [0, 0.05) is 16.7 Å². The zero-order valence-electron chi connectivity index (χ0n) is 10.1. The van der Waals surface area contributed by atoms with Crippen molar-refractivity contribution in [1.29, 1.82) is 0 Å². The summed E-state index contributed by atoms with van der Waals surface area (Å²) in [6.45, 7) is 0. The van der Waals surface area contributed by atoms with Gasteiger partial charge in [-0.25, -0.2) is 18.0 Å². The van der Waals surface area contributed by atoms with Crippen LogP contribution in [0.1, 0.15) is 15.9 Å². The third-order valence-corrected chi connectivity index (χ3v) is 3.67. The third-order valence-electron chi connectivity index (χ3n) is 2.58. The van der Waals surface area contributed by atoms with E-state index in [9.17, 15) is 18.0 Å². The number of thioether (sulfide) groups is 1. The smallest absolute Gasteiger partial charge is 0.335 e. The number of aromatic carboxylic acids is 1. The quantitative estimate of drug-likeness (QED) is 0.864. The second-order valence-electron chi connectivity index (χ2n) is 3.97. The molecule has 0 saturated heterocycles. The maximum Gasteiger partial charge on any atom is 0.335 e. The second kappa shape index (κ2) is 6.00. The van der Waals surface area contributed by atoms with Gasteiger partial charge < -0.3 is 5.11 Å². The van der Waals surface area contributed by atoms with Crippen LogP contribution in [-0.4, -0.2) is 11.1 Å². The lowest BCUT2D eigenvalue weighted by molar-refractivity contribution is 0.0696. The van der Waals surface area contributed by atoms with Gasteiger partial charge in [0.15, 0.2) is 0 Å². The fourth-order valence-electron chi connectivity index (χ4n) is 1.55. The molecule has 0 heterocycles. The van der Waals surface area contributed by atoms with Crippen molar-refractivity contribution in [3.8, 4) is 0 Å². The minimum absolute atomic E-state index is 0.119. The Bertz CT molecular complexity index is 659. The SMILES string of the molecule is O=C(O)c1ccc(CSc2ccc(F)cc2F)c(F)c1. The predicted molar refractivity (Wildman–Crippen MR) is 69.3 cm³/mol. The Hall–Kier alpha value is -1.95. The lowest BCUT2D eigenvalue weighted by Crippen LogP contribution is -1.98. The number of carboxylic acid groups (broad SMARTS) is 1. The molecule has 0 unspecified atom stereocenters. The molecule has 0 radical (unpaired) electrons. The van der Waals surface area contributed by atoms with Crippen LogP contribution in [0.15, 0.2) is 41.3 Å². The molecule has 0 spiro atoms. The van der Waals surface area contributed by atoms with Gasteiger partial charge in [-0.3, -0.25) is 0 Å². The van der Waals surface area contributed by atoms with E-state index < -0.39 is 23.4 Å². The molecule has 0 aliphatic carbocycles. The first-order chi connectivity index (χ1) is 9.47. The Morgan fingerprint density at radius 3 is 2.40 bits per heavy atom. The molecule has 2 nitrogen and oxygen atoms in total. The van der Waals surface area contributed by atoms with Crippen LogP contribution in [0, 0.1) is 17.5 Å². The normalized spacial score (nSPS) is 10.6. The minimum Gasteiger partial charge on any atom is -0.478 e. The van der Waals surface area contributed by atoms with E-state index in [1.807, 2.05) is 0 Å².